The number of hydrogen-bond acceptors (Lipinski definition) is 0. The Morgan fingerprint density at radius 2 is 1.71 bits per heavy atom. The summed E-state index contributed by atoms with van der Waals surface area (Å²) in [7, 11) is 0. The molecule has 0 aromatic heterocycles. The van der Waals surface area contributed by atoms with Crippen LogP contribution in [0.15, 0.2) is 42.0 Å². The van der Waals surface area contributed by atoms with Gasteiger partial charge in [-0.3, -0.25) is 0 Å². The van der Waals surface area contributed by atoms with Crippen molar-refractivity contribution in [2.45, 2.75) is 6.92 Å². The quantitative estimate of drug-likeness (QED) is 0.622. The topological polar surface area (TPSA) is 0 Å². The number of allylic oxidation sites excluding steroid dienone is 4. The fraction of sp³-hybridized carbons (Fsp3) is 0.286. The van der Waals surface area contributed by atoms with Crippen LogP contribution in [0.1, 0.15) is 11.1 Å². The number of rotatable bonds is 1. The summed E-state index contributed by atoms with van der Waals surface area (Å²) in [6.07, 6.45) is 4.87. The Hall–Kier alpha value is -1.30. The van der Waals surface area contributed by atoms with Crippen LogP contribution >= 0.6 is 0 Å². The van der Waals surface area contributed by atoms with Gasteiger partial charge in [-0.1, -0.05) is 47.6 Å². The molecule has 4 aliphatic rings. The van der Waals surface area contributed by atoms with Gasteiger partial charge in [-0.2, -0.15) is 0 Å². The Kier molecular flexibility index (Phi) is 1.02. The zero-order valence-electron chi connectivity index (χ0n) is 8.20. The van der Waals surface area contributed by atoms with E-state index in [1.54, 1.807) is 5.57 Å². The monoisotopic (exact) mass is 180 g/mol. The molecule has 0 heteroatoms. The van der Waals surface area contributed by atoms with E-state index in [1.165, 1.54) is 16.7 Å². The van der Waals surface area contributed by atoms with Crippen LogP contribution in [-0.2, 0) is 0 Å². The summed E-state index contributed by atoms with van der Waals surface area (Å²) in [5, 5.41) is 0. The maximum atomic E-state index is 2.47. The molecule has 0 radical (unpaired) electrons. The molecular weight excluding hydrogens is 168 g/mol. The maximum absolute atomic E-state index is 2.47. The fourth-order valence-corrected chi connectivity index (χ4v) is 2.75. The zero-order chi connectivity index (χ0) is 9.28. The van der Waals surface area contributed by atoms with Crippen LogP contribution < -0.4 is 0 Å². The Labute approximate surface area is 84.0 Å². The van der Waals surface area contributed by atoms with Gasteiger partial charge in [0.2, 0.25) is 0 Å². The average molecular weight is 180 g/mol. The Morgan fingerprint density at radius 3 is 2.29 bits per heavy atom. The van der Waals surface area contributed by atoms with Gasteiger partial charge in [0.15, 0.2) is 0 Å². The molecule has 2 atom stereocenters. The van der Waals surface area contributed by atoms with Crippen molar-refractivity contribution >= 4 is 5.57 Å². The van der Waals surface area contributed by atoms with E-state index in [1.807, 2.05) is 0 Å². The molecule has 0 N–H and O–H groups in total. The lowest BCUT2D eigenvalue weighted by atomic mass is 9.93. The minimum atomic E-state index is 0.923. The second kappa shape index (κ2) is 2.03. The lowest BCUT2D eigenvalue weighted by molar-refractivity contribution is 0.859. The SMILES string of the molecule is Cc1ccc(C2=CC3C4C(=C2)C34)cc1. The van der Waals surface area contributed by atoms with Gasteiger partial charge >= 0.3 is 0 Å². The summed E-state index contributed by atoms with van der Waals surface area (Å²) < 4.78 is 0. The highest BCUT2D eigenvalue weighted by atomic mass is 14.7. The van der Waals surface area contributed by atoms with Crippen LogP contribution in [-0.4, -0.2) is 0 Å². The molecule has 1 aromatic carbocycles. The minimum Gasteiger partial charge on any atom is -0.0723 e. The molecule has 68 valence electrons. The van der Waals surface area contributed by atoms with Gasteiger partial charge < -0.3 is 0 Å². The van der Waals surface area contributed by atoms with Gasteiger partial charge in [0.25, 0.3) is 0 Å². The average Bonchev–Trinajstić information content (AvgIpc) is 3.09. The summed E-state index contributed by atoms with van der Waals surface area (Å²) in [5.41, 5.74) is 5.90. The van der Waals surface area contributed by atoms with E-state index in [2.05, 4.69) is 43.3 Å². The van der Waals surface area contributed by atoms with Gasteiger partial charge in [0.05, 0.1) is 0 Å². The standard InChI is InChI=1S/C14H12/c1-8-2-4-9(5-3-8)10-6-11-13-12(7-10)14(11)13/h2-7,11,13-14H,1H3. The van der Waals surface area contributed by atoms with Crippen molar-refractivity contribution < 1.29 is 0 Å². The molecule has 0 aliphatic heterocycles. The Bertz CT molecular complexity index is 461. The van der Waals surface area contributed by atoms with Gasteiger partial charge in [-0.15, -0.1) is 0 Å². The molecule has 0 amide bonds. The van der Waals surface area contributed by atoms with Crippen LogP contribution in [0, 0.1) is 24.7 Å². The highest BCUT2D eigenvalue weighted by Crippen LogP contribution is 2.76. The lowest BCUT2D eigenvalue weighted by Crippen LogP contribution is -1.96. The van der Waals surface area contributed by atoms with E-state index in [9.17, 15) is 0 Å². The summed E-state index contributed by atoms with van der Waals surface area (Å²) in [5.74, 6) is 2.90. The van der Waals surface area contributed by atoms with Crippen molar-refractivity contribution in [1.29, 1.82) is 0 Å². The molecule has 0 saturated heterocycles. The van der Waals surface area contributed by atoms with Gasteiger partial charge in [-0.05, 0) is 35.8 Å². The number of hydrogen-bond donors (Lipinski definition) is 0. The van der Waals surface area contributed by atoms with Crippen LogP contribution in [0.25, 0.3) is 5.57 Å². The van der Waals surface area contributed by atoms with E-state index >= 15 is 0 Å². The summed E-state index contributed by atoms with van der Waals surface area (Å²) >= 11 is 0. The zero-order valence-corrected chi connectivity index (χ0v) is 8.20. The lowest BCUT2D eigenvalue weighted by Gasteiger charge is -2.12. The van der Waals surface area contributed by atoms with E-state index in [-0.39, 0.29) is 0 Å². The Balaban J connectivity index is 1.76. The maximum Gasteiger partial charge on any atom is -0.00557 e. The largest absolute Gasteiger partial charge is 0.0723 e. The molecule has 1 aromatic rings. The molecule has 2 unspecified atom stereocenters. The summed E-state index contributed by atoms with van der Waals surface area (Å²) in [6, 6.07) is 8.86. The van der Waals surface area contributed by atoms with Crippen molar-refractivity contribution in [3.8, 4) is 0 Å². The van der Waals surface area contributed by atoms with E-state index in [0.717, 1.165) is 17.8 Å². The Morgan fingerprint density at radius 1 is 1.00 bits per heavy atom. The first-order valence-corrected chi connectivity index (χ1v) is 5.35. The van der Waals surface area contributed by atoms with Crippen LogP contribution in [0.3, 0.4) is 0 Å². The number of fused-ring (bicyclic) bond motifs is 1. The third-order valence-corrected chi connectivity index (χ3v) is 3.82. The molecule has 0 nitrogen and oxygen atoms in total. The van der Waals surface area contributed by atoms with Gasteiger partial charge in [0.1, 0.15) is 0 Å². The molecule has 2 fully saturated rings. The fourth-order valence-electron chi connectivity index (χ4n) is 2.75. The predicted octanol–water partition coefficient (Wildman–Crippen LogP) is 3.19. The van der Waals surface area contributed by atoms with Crippen molar-refractivity contribution in [2.24, 2.45) is 17.8 Å². The molecule has 4 aliphatic carbocycles. The van der Waals surface area contributed by atoms with Gasteiger partial charge in [0, 0.05) is 0 Å². The molecule has 5 rings (SSSR count). The van der Waals surface area contributed by atoms with Gasteiger partial charge in [-0.25, -0.2) is 0 Å². The molecular formula is C14H12. The number of benzene rings is 1. The number of aryl methyl sites for hydroxylation is 1. The van der Waals surface area contributed by atoms with Crippen molar-refractivity contribution in [1.82, 2.24) is 0 Å². The molecule has 2 bridgehead atoms. The van der Waals surface area contributed by atoms with E-state index < -0.39 is 0 Å². The first-order valence-electron chi connectivity index (χ1n) is 5.35. The van der Waals surface area contributed by atoms with Crippen molar-refractivity contribution in [3.05, 3.63) is 53.1 Å². The van der Waals surface area contributed by atoms with Crippen LogP contribution in [0.4, 0.5) is 0 Å². The third-order valence-electron chi connectivity index (χ3n) is 3.82. The van der Waals surface area contributed by atoms with E-state index in [4.69, 9.17) is 0 Å². The first kappa shape index (κ1) is 7.05. The van der Waals surface area contributed by atoms with Crippen molar-refractivity contribution in [2.75, 3.05) is 0 Å². The second-order valence-electron chi connectivity index (χ2n) is 4.76. The summed E-state index contributed by atoms with van der Waals surface area (Å²) in [6.45, 7) is 2.14. The minimum absolute atomic E-state index is 0.923. The third kappa shape index (κ3) is 0.747. The highest BCUT2D eigenvalue weighted by molar-refractivity contribution is 5.82. The predicted molar refractivity (Wildman–Crippen MR) is 57.7 cm³/mol. The smallest absolute Gasteiger partial charge is 0.00557 e. The molecule has 0 heterocycles. The molecule has 2 saturated carbocycles. The van der Waals surface area contributed by atoms with Crippen molar-refractivity contribution in [3.63, 3.8) is 0 Å². The second-order valence-corrected chi connectivity index (χ2v) is 4.76. The summed E-state index contributed by atoms with van der Waals surface area (Å²) in [4.78, 5) is 0. The highest BCUT2D eigenvalue weighted by Gasteiger charge is 2.69. The van der Waals surface area contributed by atoms with Crippen LogP contribution in [0.2, 0.25) is 0 Å². The molecule has 0 spiro atoms. The first-order chi connectivity index (χ1) is 6.84. The molecule has 14 heavy (non-hydrogen) atoms. The van der Waals surface area contributed by atoms with E-state index in [0.29, 0.717) is 0 Å². The van der Waals surface area contributed by atoms with Crippen LogP contribution in [0.5, 0.6) is 0 Å². The normalized spacial score (nSPS) is 35.6.